The minimum atomic E-state index is -5.04. The van der Waals surface area contributed by atoms with E-state index in [0.717, 1.165) is 6.92 Å². The average molecular weight is 327 g/mol. The molecule has 1 amide bonds. The van der Waals surface area contributed by atoms with E-state index in [9.17, 15) is 22.8 Å². The first-order chi connectivity index (χ1) is 9.99. The Bertz CT molecular complexity index is 466. The number of rotatable bonds is 3. The second kappa shape index (κ2) is 5.67. The van der Waals surface area contributed by atoms with Gasteiger partial charge in [0.2, 0.25) is 0 Å². The van der Waals surface area contributed by atoms with E-state index >= 15 is 0 Å². The number of halogens is 3. The summed E-state index contributed by atoms with van der Waals surface area (Å²) < 4.78 is 58.3. The molecule has 2 saturated heterocycles. The molecule has 22 heavy (non-hydrogen) atoms. The second-order valence-corrected chi connectivity index (χ2v) is 5.44. The van der Waals surface area contributed by atoms with Gasteiger partial charge in [-0.05, 0) is 13.8 Å². The molecule has 0 unspecified atom stereocenters. The highest BCUT2D eigenvalue weighted by Crippen LogP contribution is 2.37. The number of alkyl halides is 3. The Balaban J connectivity index is 2.11. The van der Waals surface area contributed by atoms with Crippen LogP contribution in [0.1, 0.15) is 20.8 Å². The lowest BCUT2D eigenvalue weighted by molar-refractivity contribution is -0.213. The Labute approximate surface area is 124 Å². The number of hydrogen-bond acceptors (Lipinski definition) is 6. The van der Waals surface area contributed by atoms with Crippen molar-refractivity contribution in [3.8, 4) is 0 Å². The van der Waals surface area contributed by atoms with E-state index in [1.54, 1.807) is 13.8 Å². The number of carbonyl (C=O) groups excluding carboxylic acids is 2. The van der Waals surface area contributed by atoms with E-state index in [0.29, 0.717) is 0 Å². The smallest absolute Gasteiger partial charge is 0.463 e. The number of ether oxygens (including phenoxy) is 4. The topological polar surface area (TPSA) is 83.1 Å². The molecular weight excluding hydrogens is 311 g/mol. The normalized spacial score (nSPS) is 33.4. The zero-order chi connectivity index (χ0) is 16.7. The van der Waals surface area contributed by atoms with E-state index < -0.39 is 48.4 Å². The molecule has 0 aromatic heterocycles. The summed E-state index contributed by atoms with van der Waals surface area (Å²) in [7, 11) is 0. The summed E-state index contributed by atoms with van der Waals surface area (Å²) in [5.41, 5.74) is 0. The van der Waals surface area contributed by atoms with E-state index in [1.807, 2.05) is 5.32 Å². The summed E-state index contributed by atoms with van der Waals surface area (Å²) in [4.78, 5) is 22.0. The van der Waals surface area contributed by atoms with Crippen LogP contribution in [0.5, 0.6) is 0 Å². The molecule has 0 bridgehead atoms. The lowest BCUT2D eigenvalue weighted by Crippen LogP contribution is -2.53. The lowest BCUT2D eigenvalue weighted by Gasteiger charge is -2.26. The maximum absolute atomic E-state index is 12.4. The van der Waals surface area contributed by atoms with Crippen LogP contribution in [0.25, 0.3) is 0 Å². The molecule has 0 radical (unpaired) electrons. The van der Waals surface area contributed by atoms with Gasteiger partial charge in [0.25, 0.3) is 0 Å². The van der Waals surface area contributed by atoms with Crippen molar-refractivity contribution < 1.29 is 41.7 Å². The first kappa shape index (κ1) is 17.0. The van der Waals surface area contributed by atoms with Crippen LogP contribution in [0.15, 0.2) is 0 Å². The number of amides is 1. The Morgan fingerprint density at radius 2 is 1.91 bits per heavy atom. The van der Waals surface area contributed by atoms with Crippen LogP contribution in [0.4, 0.5) is 13.2 Å². The lowest BCUT2D eigenvalue weighted by atomic mass is 10.1. The molecule has 10 heteroatoms. The fourth-order valence-corrected chi connectivity index (χ4v) is 2.32. The van der Waals surface area contributed by atoms with Gasteiger partial charge in [-0.3, -0.25) is 9.59 Å². The van der Waals surface area contributed by atoms with Crippen molar-refractivity contribution in [3.05, 3.63) is 0 Å². The molecule has 0 aromatic rings. The van der Waals surface area contributed by atoms with Crippen LogP contribution in [0.2, 0.25) is 0 Å². The first-order valence-corrected chi connectivity index (χ1v) is 6.52. The quantitative estimate of drug-likeness (QED) is 0.759. The van der Waals surface area contributed by atoms with Crippen molar-refractivity contribution in [3.63, 3.8) is 0 Å². The largest absolute Gasteiger partial charge is 0.471 e. The zero-order valence-corrected chi connectivity index (χ0v) is 12.1. The van der Waals surface area contributed by atoms with Crippen LogP contribution in [0.3, 0.4) is 0 Å². The molecule has 0 aliphatic carbocycles. The molecule has 2 fully saturated rings. The van der Waals surface area contributed by atoms with Gasteiger partial charge in [0.05, 0.1) is 6.04 Å². The fraction of sp³-hybridized carbons (Fsp3) is 0.833. The highest BCUT2D eigenvalue weighted by atomic mass is 19.4. The van der Waals surface area contributed by atoms with Crippen molar-refractivity contribution in [2.45, 2.75) is 57.3 Å². The molecule has 126 valence electrons. The van der Waals surface area contributed by atoms with Gasteiger partial charge in [0.15, 0.2) is 12.1 Å². The number of carbonyl (C=O) groups is 2. The molecule has 2 aliphatic heterocycles. The summed E-state index contributed by atoms with van der Waals surface area (Å²) in [5.74, 6) is -3.80. The van der Waals surface area contributed by atoms with Crippen molar-refractivity contribution in [2.24, 2.45) is 0 Å². The third kappa shape index (κ3) is 3.68. The van der Waals surface area contributed by atoms with Crippen LogP contribution >= 0.6 is 0 Å². The van der Waals surface area contributed by atoms with E-state index in [4.69, 9.17) is 18.9 Å². The Morgan fingerprint density at radius 3 is 2.45 bits per heavy atom. The molecule has 0 spiro atoms. The standard InChI is InChI=1S/C12H16F3NO6/c1-5(17)19-4-6-7(16-10(18)12(13,14)15)8-9(20-6)22-11(2,3)21-8/h6-9H,4H2,1-3H3,(H,16,18)/t6-,7+,8+,9-/m0/s1. The molecular formula is C12H16F3NO6. The molecule has 4 atom stereocenters. The van der Waals surface area contributed by atoms with Crippen molar-refractivity contribution in [1.29, 1.82) is 0 Å². The number of hydrogen-bond donors (Lipinski definition) is 1. The third-order valence-corrected chi connectivity index (χ3v) is 3.16. The average Bonchev–Trinajstić information content (AvgIpc) is 2.79. The minimum Gasteiger partial charge on any atom is -0.463 e. The Morgan fingerprint density at radius 1 is 1.27 bits per heavy atom. The number of nitrogens with one attached hydrogen (secondary N) is 1. The monoisotopic (exact) mass is 327 g/mol. The molecule has 2 heterocycles. The van der Waals surface area contributed by atoms with Crippen molar-refractivity contribution >= 4 is 11.9 Å². The fourth-order valence-electron chi connectivity index (χ4n) is 2.32. The highest BCUT2D eigenvalue weighted by molar-refractivity contribution is 5.82. The van der Waals surface area contributed by atoms with Gasteiger partial charge in [-0.1, -0.05) is 0 Å². The Kier molecular flexibility index (Phi) is 4.37. The van der Waals surface area contributed by atoms with E-state index in [-0.39, 0.29) is 6.61 Å². The predicted octanol–water partition coefficient (Wildman–Crippen LogP) is 0.473. The maximum atomic E-state index is 12.4. The van der Waals surface area contributed by atoms with Crippen LogP contribution in [-0.2, 0) is 28.5 Å². The molecule has 7 nitrogen and oxygen atoms in total. The third-order valence-electron chi connectivity index (χ3n) is 3.16. The van der Waals surface area contributed by atoms with Gasteiger partial charge < -0.3 is 24.3 Å². The molecule has 0 saturated carbocycles. The summed E-state index contributed by atoms with van der Waals surface area (Å²) in [6, 6.07) is -1.15. The van der Waals surface area contributed by atoms with E-state index in [2.05, 4.69) is 0 Å². The van der Waals surface area contributed by atoms with Gasteiger partial charge in [0.1, 0.15) is 18.8 Å². The molecule has 2 aliphatic rings. The van der Waals surface area contributed by atoms with Gasteiger partial charge in [-0.2, -0.15) is 13.2 Å². The van der Waals surface area contributed by atoms with Crippen molar-refractivity contribution in [2.75, 3.05) is 6.61 Å². The number of esters is 1. The number of fused-ring (bicyclic) bond motifs is 1. The van der Waals surface area contributed by atoms with Gasteiger partial charge in [-0.25, -0.2) is 0 Å². The van der Waals surface area contributed by atoms with Crippen LogP contribution < -0.4 is 5.32 Å². The predicted molar refractivity (Wildman–Crippen MR) is 63.3 cm³/mol. The minimum absolute atomic E-state index is 0.321. The second-order valence-electron chi connectivity index (χ2n) is 5.44. The van der Waals surface area contributed by atoms with Crippen molar-refractivity contribution in [1.82, 2.24) is 5.32 Å². The van der Waals surface area contributed by atoms with Gasteiger partial charge in [-0.15, -0.1) is 0 Å². The Hall–Kier alpha value is -1.39. The highest BCUT2D eigenvalue weighted by Gasteiger charge is 2.56. The SMILES string of the molecule is CC(=O)OC[C@@H]1O[C@H]2OC(C)(C)O[C@@H]2[C@@H]1NC(=O)C(F)(F)F. The molecule has 2 rings (SSSR count). The summed E-state index contributed by atoms with van der Waals surface area (Å²) in [6.07, 6.45) is -7.92. The molecule has 0 aromatic carbocycles. The first-order valence-electron chi connectivity index (χ1n) is 6.52. The zero-order valence-electron chi connectivity index (χ0n) is 12.1. The van der Waals surface area contributed by atoms with Gasteiger partial charge in [0, 0.05) is 6.92 Å². The summed E-state index contributed by atoms with van der Waals surface area (Å²) in [5, 5.41) is 1.82. The molecule has 1 N–H and O–H groups in total. The van der Waals surface area contributed by atoms with Crippen LogP contribution in [0, 0.1) is 0 Å². The van der Waals surface area contributed by atoms with E-state index in [1.165, 1.54) is 0 Å². The maximum Gasteiger partial charge on any atom is 0.471 e. The summed E-state index contributed by atoms with van der Waals surface area (Å²) >= 11 is 0. The van der Waals surface area contributed by atoms with Gasteiger partial charge >= 0.3 is 18.1 Å². The van der Waals surface area contributed by atoms with Crippen LogP contribution in [-0.4, -0.2) is 55.0 Å². The summed E-state index contributed by atoms with van der Waals surface area (Å²) in [6.45, 7) is 3.96.